The summed E-state index contributed by atoms with van der Waals surface area (Å²) in [5.41, 5.74) is 1.19. The summed E-state index contributed by atoms with van der Waals surface area (Å²) in [5.74, 6) is 0. The number of hydrogen-bond acceptors (Lipinski definition) is 7. The van der Waals surface area contributed by atoms with E-state index in [1.807, 2.05) is 32.0 Å². The van der Waals surface area contributed by atoms with E-state index in [0.717, 1.165) is 11.8 Å². The molecule has 1 saturated heterocycles. The molecule has 0 bridgehead atoms. The van der Waals surface area contributed by atoms with Crippen LogP contribution in [0.4, 0.5) is 21.9 Å². The van der Waals surface area contributed by atoms with Crippen molar-refractivity contribution in [2.45, 2.75) is 31.0 Å². The molecule has 0 aromatic heterocycles. The topological polar surface area (TPSA) is 143 Å². The van der Waals surface area contributed by atoms with Crippen LogP contribution in [0.2, 0.25) is 0 Å². The summed E-state index contributed by atoms with van der Waals surface area (Å²) >= 11 is 0. The van der Waals surface area contributed by atoms with Crippen LogP contribution in [0.5, 0.6) is 0 Å². The fraction of sp³-hybridized carbons (Fsp3) is 0.381. The second-order valence-electron chi connectivity index (χ2n) is 7.71. The molecular weight excluding hydrogens is 450 g/mol. The average Bonchev–Trinajstić information content (AvgIpc) is 2.76. The van der Waals surface area contributed by atoms with Gasteiger partial charge in [0, 0.05) is 38.3 Å². The number of amides is 2. The molecule has 0 aliphatic carbocycles. The van der Waals surface area contributed by atoms with Gasteiger partial charge in [0.25, 0.3) is 5.69 Å². The molecule has 178 valence electrons. The van der Waals surface area contributed by atoms with E-state index in [1.54, 1.807) is 6.07 Å². The van der Waals surface area contributed by atoms with E-state index in [9.17, 15) is 23.3 Å². The Morgan fingerprint density at radius 1 is 1.12 bits per heavy atom. The minimum Gasteiger partial charge on any atom is -0.372 e. The van der Waals surface area contributed by atoms with Crippen molar-refractivity contribution < 1.29 is 22.9 Å². The van der Waals surface area contributed by atoms with Gasteiger partial charge in [0.15, 0.2) is 0 Å². The number of morpholine rings is 1. The molecular formula is C21H27N5O6S. The third kappa shape index (κ3) is 6.63. The molecule has 1 heterocycles. The van der Waals surface area contributed by atoms with Gasteiger partial charge in [-0.05, 0) is 32.0 Å². The van der Waals surface area contributed by atoms with E-state index in [1.165, 1.54) is 18.2 Å². The number of carbonyl (C=O) groups is 1. The van der Waals surface area contributed by atoms with Gasteiger partial charge in [-0.15, -0.1) is 0 Å². The molecule has 33 heavy (non-hydrogen) atoms. The zero-order valence-electron chi connectivity index (χ0n) is 18.4. The highest BCUT2D eigenvalue weighted by molar-refractivity contribution is 7.89. The molecule has 2 aromatic carbocycles. The Morgan fingerprint density at radius 3 is 2.52 bits per heavy atom. The van der Waals surface area contributed by atoms with Crippen LogP contribution < -0.4 is 20.3 Å². The van der Waals surface area contributed by atoms with Crippen LogP contribution in [-0.2, 0) is 14.8 Å². The number of nitrogens with zero attached hydrogens (tertiary/aromatic N) is 2. The molecule has 0 radical (unpaired) electrons. The van der Waals surface area contributed by atoms with Crippen LogP contribution in [0, 0.1) is 10.1 Å². The van der Waals surface area contributed by atoms with Crippen molar-refractivity contribution in [3.05, 3.63) is 58.6 Å². The predicted octanol–water partition coefficient (Wildman–Crippen LogP) is 2.31. The molecule has 1 fully saturated rings. The van der Waals surface area contributed by atoms with Gasteiger partial charge in [-0.25, -0.2) is 17.9 Å². The molecule has 3 N–H and O–H groups in total. The lowest BCUT2D eigenvalue weighted by Crippen LogP contribution is -2.46. The van der Waals surface area contributed by atoms with Crippen molar-refractivity contribution in [1.29, 1.82) is 0 Å². The van der Waals surface area contributed by atoms with Crippen LogP contribution in [0.15, 0.2) is 53.4 Å². The summed E-state index contributed by atoms with van der Waals surface area (Å²) < 4.78 is 32.8. The highest BCUT2D eigenvalue weighted by Gasteiger charge is 2.24. The first-order valence-corrected chi connectivity index (χ1v) is 11.9. The summed E-state index contributed by atoms with van der Waals surface area (Å²) in [5, 5.41) is 16.3. The molecule has 2 aromatic rings. The highest BCUT2D eigenvalue weighted by Crippen LogP contribution is 2.28. The second kappa shape index (κ2) is 10.6. The van der Waals surface area contributed by atoms with Crippen LogP contribution in [-0.4, -0.2) is 57.8 Å². The monoisotopic (exact) mass is 477 g/mol. The molecule has 3 rings (SSSR count). The van der Waals surface area contributed by atoms with Crippen LogP contribution >= 0.6 is 0 Å². The summed E-state index contributed by atoms with van der Waals surface area (Å²) in [6.45, 7) is 5.33. The Morgan fingerprint density at radius 2 is 1.82 bits per heavy atom. The number of ether oxygens (including phenoxy) is 1. The Bertz CT molecular complexity index is 1100. The molecule has 1 aliphatic heterocycles. The molecule has 0 saturated carbocycles. The zero-order valence-corrected chi connectivity index (χ0v) is 19.2. The molecule has 2 amide bonds. The number of para-hydroxylation sites is 2. The second-order valence-corrected chi connectivity index (χ2v) is 9.48. The Balaban J connectivity index is 1.53. The Kier molecular flexibility index (Phi) is 7.84. The Labute approximate surface area is 192 Å². The molecule has 12 heteroatoms. The smallest absolute Gasteiger partial charge is 0.319 e. The first kappa shape index (κ1) is 24.4. The molecule has 0 spiro atoms. The largest absolute Gasteiger partial charge is 0.372 e. The van der Waals surface area contributed by atoms with Gasteiger partial charge in [0.1, 0.15) is 0 Å². The highest BCUT2D eigenvalue weighted by atomic mass is 32.2. The van der Waals surface area contributed by atoms with Crippen LogP contribution in [0.3, 0.4) is 0 Å². The first-order valence-electron chi connectivity index (χ1n) is 10.4. The van der Waals surface area contributed by atoms with Crippen LogP contribution in [0.1, 0.15) is 13.8 Å². The van der Waals surface area contributed by atoms with E-state index < -0.39 is 21.0 Å². The number of anilines is 2. The lowest BCUT2D eigenvalue weighted by atomic mass is 10.1. The quantitative estimate of drug-likeness (QED) is 0.301. The van der Waals surface area contributed by atoms with E-state index in [2.05, 4.69) is 20.3 Å². The van der Waals surface area contributed by atoms with E-state index in [4.69, 9.17) is 4.74 Å². The number of rotatable bonds is 8. The molecule has 2 atom stereocenters. The number of non-ortho nitro benzene ring substituents is 1. The molecule has 1 aliphatic rings. The van der Waals surface area contributed by atoms with Gasteiger partial charge in [0.05, 0.1) is 33.4 Å². The summed E-state index contributed by atoms with van der Waals surface area (Å²) in [6.07, 6.45) is 0.129. The maximum atomic E-state index is 12.4. The van der Waals surface area contributed by atoms with Gasteiger partial charge >= 0.3 is 6.03 Å². The number of nitrogens with one attached hydrogen (secondary N) is 3. The number of nitro benzene ring substituents is 1. The first-order chi connectivity index (χ1) is 15.7. The fourth-order valence-electron chi connectivity index (χ4n) is 3.61. The summed E-state index contributed by atoms with van der Waals surface area (Å²) in [6, 6.07) is 11.7. The number of urea groups is 1. The van der Waals surface area contributed by atoms with Gasteiger partial charge < -0.3 is 20.3 Å². The van der Waals surface area contributed by atoms with Crippen molar-refractivity contribution in [3.63, 3.8) is 0 Å². The van der Waals surface area contributed by atoms with Crippen molar-refractivity contribution in [1.82, 2.24) is 10.0 Å². The van der Waals surface area contributed by atoms with Gasteiger partial charge in [0.2, 0.25) is 10.0 Å². The predicted molar refractivity (Wildman–Crippen MR) is 124 cm³/mol. The minimum absolute atomic E-state index is 0.0216. The van der Waals surface area contributed by atoms with Crippen molar-refractivity contribution in [2.24, 2.45) is 0 Å². The summed E-state index contributed by atoms with van der Waals surface area (Å²) in [4.78, 5) is 24.5. The number of carbonyl (C=O) groups excluding carboxylic acids is 1. The SMILES string of the molecule is CC1CN(c2ccccc2NC(=O)NCCNS(=O)(=O)c2cccc([N+](=O)[O-])c2)CC(C)O1. The van der Waals surface area contributed by atoms with Gasteiger partial charge in [-0.3, -0.25) is 10.1 Å². The maximum absolute atomic E-state index is 12.4. The third-order valence-corrected chi connectivity index (χ3v) is 6.41. The number of nitro groups is 1. The minimum atomic E-state index is -3.95. The van der Waals surface area contributed by atoms with E-state index in [-0.39, 0.29) is 35.9 Å². The number of benzene rings is 2. The van der Waals surface area contributed by atoms with E-state index in [0.29, 0.717) is 18.8 Å². The zero-order chi connectivity index (χ0) is 24.0. The average molecular weight is 478 g/mol. The van der Waals surface area contributed by atoms with Gasteiger partial charge in [-0.2, -0.15) is 0 Å². The third-order valence-electron chi connectivity index (χ3n) is 4.95. The Hall–Kier alpha value is -3.22. The fourth-order valence-corrected chi connectivity index (χ4v) is 4.68. The number of sulfonamides is 1. The van der Waals surface area contributed by atoms with Crippen LogP contribution in [0.25, 0.3) is 0 Å². The van der Waals surface area contributed by atoms with Crippen molar-refractivity contribution in [2.75, 3.05) is 36.4 Å². The normalized spacial score (nSPS) is 18.5. The van der Waals surface area contributed by atoms with Crippen molar-refractivity contribution in [3.8, 4) is 0 Å². The lowest BCUT2D eigenvalue weighted by Gasteiger charge is -2.37. The maximum Gasteiger partial charge on any atom is 0.319 e. The molecule has 11 nitrogen and oxygen atoms in total. The van der Waals surface area contributed by atoms with E-state index >= 15 is 0 Å². The lowest BCUT2D eigenvalue weighted by molar-refractivity contribution is -0.385. The summed E-state index contributed by atoms with van der Waals surface area (Å²) in [7, 11) is -3.95. The van der Waals surface area contributed by atoms with Gasteiger partial charge in [-0.1, -0.05) is 18.2 Å². The van der Waals surface area contributed by atoms with Crippen molar-refractivity contribution >= 4 is 33.1 Å². The molecule has 2 unspecified atom stereocenters. The number of hydrogen-bond donors (Lipinski definition) is 3. The standard InChI is InChI=1S/C21H27N5O6S/c1-15-13-25(14-16(2)32-15)20-9-4-3-8-19(20)24-21(27)22-10-11-23-33(30,31)18-7-5-6-17(12-18)26(28)29/h3-9,12,15-16,23H,10-11,13-14H2,1-2H3,(H2,22,24,27).